The second-order valence-electron chi connectivity index (χ2n) is 4.49. The van der Waals surface area contributed by atoms with E-state index in [1.165, 1.54) is 4.31 Å². The van der Waals surface area contributed by atoms with Gasteiger partial charge in [0, 0.05) is 25.6 Å². The van der Waals surface area contributed by atoms with Crippen molar-refractivity contribution in [3.63, 3.8) is 0 Å². The third kappa shape index (κ3) is 3.79. The third-order valence-corrected chi connectivity index (χ3v) is 5.16. The molecule has 0 fully saturated rings. The molecule has 1 aromatic rings. The van der Waals surface area contributed by atoms with E-state index in [0.717, 1.165) is 12.0 Å². The summed E-state index contributed by atoms with van der Waals surface area (Å²) in [5, 5.41) is 8.61. The van der Waals surface area contributed by atoms with E-state index >= 15 is 0 Å². The molecule has 0 saturated carbocycles. The van der Waals surface area contributed by atoms with Crippen molar-refractivity contribution >= 4 is 10.0 Å². The Morgan fingerprint density at radius 3 is 2.65 bits per heavy atom. The zero-order chi connectivity index (χ0) is 15.2. The van der Waals surface area contributed by atoms with Crippen LogP contribution in [0.2, 0.25) is 0 Å². The first kappa shape index (κ1) is 16.6. The third-order valence-electron chi connectivity index (χ3n) is 3.19. The van der Waals surface area contributed by atoms with Gasteiger partial charge in [0.25, 0.3) is 0 Å². The van der Waals surface area contributed by atoms with E-state index in [1.54, 1.807) is 25.1 Å². The Bertz CT molecular complexity index is 578. The van der Waals surface area contributed by atoms with Crippen LogP contribution in [0.15, 0.2) is 29.2 Å². The Labute approximate surface area is 121 Å². The van der Waals surface area contributed by atoms with Crippen molar-refractivity contribution in [3.8, 4) is 6.07 Å². The lowest BCUT2D eigenvalue weighted by atomic mass is 10.1. The summed E-state index contributed by atoms with van der Waals surface area (Å²) in [6.45, 7) is 4.27. The molecule has 1 rings (SSSR count). The minimum atomic E-state index is -3.56. The number of benzene rings is 1. The molecule has 1 atom stereocenters. The number of hydrogen-bond donors (Lipinski definition) is 1. The summed E-state index contributed by atoms with van der Waals surface area (Å²) in [7, 11) is -3.56. The molecule has 0 spiro atoms. The Balaban J connectivity index is 3.11. The first-order valence-electron chi connectivity index (χ1n) is 6.70. The minimum absolute atomic E-state index is 0.167. The summed E-state index contributed by atoms with van der Waals surface area (Å²) in [6, 6.07) is 8.53. The molecule has 0 aromatic heterocycles. The van der Waals surface area contributed by atoms with Gasteiger partial charge in [-0.2, -0.15) is 9.57 Å². The topological polar surface area (TPSA) is 87.2 Å². The molecule has 0 amide bonds. The lowest BCUT2D eigenvalue weighted by molar-refractivity contribution is 0.435. The van der Waals surface area contributed by atoms with Crippen LogP contribution in [0.25, 0.3) is 0 Å². The number of hydrogen-bond acceptors (Lipinski definition) is 4. The predicted molar refractivity (Wildman–Crippen MR) is 78.3 cm³/mol. The van der Waals surface area contributed by atoms with Crippen molar-refractivity contribution in [1.82, 2.24) is 4.31 Å². The highest BCUT2D eigenvalue weighted by atomic mass is 32.2. The van der Waals surface area contributed by atoms with E-state index in [0.29, 0.717) is 6.54 Å². The molecular formula is C14H21N3O2S. The Morgan fingerprint density at radius 2 is 2.10 bits per heavy atom. The van der Waals surface area contributed by atoms with Crippen LogP contribution in [0.4, 0.5) is 0 Å². The predicted octanol–water partition coefficient (Wildman–Crippen LogP) is 2.02. The molecule has 0 bridgehead atoms. The van der Waals surface area contributed by atoms with Gasteiger partial charge in [0.1, 0.15) is 0 Å². The number of nitrogens with zero attached hydrogens (tertiary/aromatic N) is 2. The normalized spacial score (nSPS) is 13.2. The summed E-state index contributed by atoms with van der Waals surface area (Å²) in [5.41, 5.74) is 6.75. The van der Waals surface area contributed by atoms with Crippen LogP contribution in [0.5, 0.6) is 0 Å². The van der Waals surface area contributed by atoms with E-state index < -0.39 is 10.0 Å². The van der Waals surface area contributed by atoms with Crippen LogP contribution in [0, 0.1) is 11.3 Å². The summed E-state index contributed by atoms with van der Waals surface area (Å²) < 4.78 is 26.3. The number of rotatable bonds is 7. The fourth-order valence-corrected chi connectivity index (χ4v) is 3.42. The van der Waals surface area contributed by atoms with Crippen LogP contribution in [-0.4, -0.2) is 25.8 Å². The van der Waals surface area contributed by atoms with Crippen LogP contribution in [-0.2, 0) is 10.0 Å². The van der Waals surface area contributed by atoms with E-state index in [4.69, 9.17) is 11.0 Å². The van der Waals surface area contributed by atoms with Gasteiger partial charge in [-0.1, -0.05) is 26.0 Å². The second kappa shape index (κ2) is 7.39. The van der Waals surface area contributed by atoms with Gasteiger partial charge in [-0.05, 0) is 24.1 Å². The molecule has 2 N–H and O–H groups in total. The van der Waals surface area contributed by atoms with E-state index in [-0.39, 0.29) is 23.9 Å². The standard InChI is InChI=1S/C14H21N3O2S/c1-3-14(16)12-7-5-8-13(11-12)20(18,19)17(4-2)10-6-9-15/h5,7-8,11,14H,3-4,6,10,16H2,1-2H3. The van der Waals surface area contributed by atoms with Crippen molar-refractivity contribution in [3.05, 3.63) is 29.8 Å². The molecule has 0 aliphatic heterocycles. The van der Waals surface area contributed by atoms with Crippen LogP contribution < -0.4 is 5.73 Å². The summed E-state index contributed by atoms with van der Waals surface area (Å²) in [4.78, 5) is 0.235. The first-order valence-corrected chi connectivity index (χ1v) is 8.14. The smallest absolute Gasteiger partial charge is 0.243 e. The maximum absolute atomic E-state index is 12.5. The second-order valence-corrected chi connectivity index (χ2v) is 6.43. The van der Waals surface area contributed by atoms with Gasteiger partial charge in [-0.25, -0.2) is 8.42 Å². The molecule has 0 radical (unpaired) electrons. The van der Waals surface area contributed by atoms with Crippen molar-refractivity contribution in [2.75, 3.05) is 13.1 Å². The summed E-state index contributed by atoms with van der Waals surface area (Å²) in [6.07, 6.45) is 0.927. The largest absolute Gasteiger partial charge is 0.324 e. The maximum Gasteiger partial charge on any atom is 0.243 e. The fraction of sp³-hybridized carbons (Fsp3) is 0.500. The van der Waals surface area contributed by atoms with Gasteiger partial charge >= 0.3 is 0 Å². The molecule has 110 valence electrons. The highest BCUT2D eigenvalue weighted by Gasteiger charge is 2.23. The van der Waals surface area contributed by atoms with Crippen molar-refractivity contribution in [1.29, 1.82) is 5.26 Å². The average Bonchev–Trinajstić information content (AvgIpc) is 2.47. The molecule has 1 unspecified atom stereocenters. The molecule has 0 aliphatic carbocycles. The number of nitriles is 1. The van der Waals surface area contributed by atoms with Crippen molar-refractivity contribution < 1.29 is 8.42 Å². The molecule has 0 aliphatic rings. The minimum Gasteiger partial charge on any atom is -0.324 e. The highest BCUT2D eigenvalue weighted by Crippen LogP contribution is 2.21. The highest BCUT2D eigenvalue weighted by molar-refractivity contribution is 7.89. The zero-order valence-corrected chi connectivity index (χ0v) is 12.7. The summed E-state index contributed by atoms with van der Waals surface area (Å²) in [5.74, 6) is 0. The van der Waals surface area contributed by atoms with E-state index in [9.17, 15) is 8.42 Å². The molecule has 5 nitrogen and oxygen atoms in total. The number of sulfonamides is 1. The van der Waals surface area contributed by atoms with E-state index in [2.05, 4.69) is 0 Å². The van der Waals surface area contributed by atoms with Crippen LogP contribution >= 0.6 is 0 Å². The van der Waals surface area contributed by atoms with Gasteiger partial charge < -0.3 is 5.73 Å². The molecule has 20 heavy (non-hydrogen) atoms. The average molecular weight is 295 g/mol. The molecule has 6 heteroatoms. The monoisotopic (exact) mass is 295 g/mol. The Kier molecular flexibility index (Phi) is 6.14. The fourth-order valence-electron chi connectivity index (χ4n) is 1.91. The van der Waals surface area contributed by atoms with Crippen LogP contribution in [0.3, 0.4) is 0 Å². The lowest BCUT2D eigenvalue weighted by Gasteiger charge is -2.20. The summed E-state index contributed by atoms with van der Waals surface area (Å²) >= 11 is 0. The van der Waals surface area contributed by atoms with Crippen LogP contribution in [0.1, 0.15) is 38.3 Å². The Hall–Kier alpha value is -1.42. The quantitative estimate of drug-likeness (QED) is 0.833. The van der Waals surface area contributed by atoms with Crippen molar-refractivity contribution in [2.45, 2.75) is 37.6 Å². The molecular weight excluding hydrogens is 274 g/mol. The molecule has 1 aromatic carbocycles. The van der Waals surface area contributed by atoms with Gasteiger partial charge in [0.15, 0.2) is 0 Å². The van der Waals surface area contributed by atoms with Crippen molar-refractivity contribution in [2.24, 2.45) is 5.73 Å². The SMILES string of the molecule is CCC(N)c1cccc(S(=O)(=O)N(CC)CCC#N)c1. The maximum atomic E-state index is 12.5. The Morgan fingerprint density at radius 1 is 1.40 bits per heavy atom. The number of nitrogens with two attached hydrogens (primary N) is 1. The molecule has 0 heterocycles. The lowest BCUT2D eigenvalue weighted by Crippen LogP contribution is -2.31. The van der Waals surface area contributed by atoms with E-state index in [1.807, 2.05) is 19.1 Å². The zero-order valence-electron chi connectivity index (χ0n) is 11.9. The van der Waals surface area contributed by atoms with Gasteiger partial charge in [0.05, 0.1) is 11.0 Å². The first-order chi connectivity index (χ1) is 9.47. The van der Waals surface area contributed by atoms with Gasteiger partial charge in [-0.3, -0.25) is 0 Å². The van der Waals surface area contributed by atoms with Gasteiger partial charge in [-0.15, -0.1) is 0 Å². The van der Waals surface area contributed by atoms with Gasteiger partial charge in [0.2, 0.25) is 10.0 Å². The molecule has 0 saturated heterocycles.